The second kappa shape index (κ2) is 12.8. The molecule has 242 valence electrons. The minimum atomic E-state index is -0.954. The van der Waals surface area contributed by atoms with Crippen molar-refractivity contribution in [2.24, 2.45) is 0 Å². The fourth-order valence-corrected chi connectivity index (χ4v) is 6.92. The number of aryl methyl sites for hydroxylation is 2. The zero-order valence-corrected chi connectivity index (χ0v) is 27.1. The summed E-state index contributed by atoms with van der Waals surface area (Å²) < 4.78 is 12.5. The molecule has 0 aliphatic heterocycles. The number of fused-ring (bicyclic) bond motifs is 3. The normalized spacial score (nSPS) is 12.5. The minimum Gasteiger partial charge on any atom is -0.489 e. The molecule has 0 bridgehead atoms. The number of carbonyl (C=O) groups is 2. The Bertz CT molecular complexity index is 2040. The Kier molecular flexibility index (Phi) is 8.22. The number of hydrogen-bond acceptors (Lipinski definition) is 4. The van der Waals surface area contributed by atoms with E-state index in [1.807, 2.05) is 12.1 Å². The summed E-state index contributed by atoms with van der Waals surface area (Å²) in [4.78, 5) is 22.5. The highest BCUT2D eigenvalue weighted by Gasteiger charge is 2.46. The van der Waals surface area contributed by atoms with Crippen molar-refractivity contribution in [1.82, 2.24) is 0 Å². The standard InChI is InChI=1S/C43H34O6/c1-27-23-33(19-21-39(27)48-25-29-11-15-31(16-12-29)41(44)45)43(37-9-5-3-7-35(37)36-8-4-6-10-38(36)43)34-20-22-40(28(2)24-34)49-26-30-13-17-32(18-14-30)42(46)47/h3-24H,25-26H2,1-2H3,(H,44,45)(H,46,47). The van der Waals surface area contributed by atoms with Crippen LogP contribution in [0.5, 0.6) is 11.5 Å². The molecule has 0 saturated heterocycles. The van der Waals surface area contributed by atoms with Crippen molar-refractivity contribution < 1.29 is 29.3 Å². The number of ether oxygens (including phenoxy) is 2. The average Bonchev–Trinajstić information content (AvgIpc) is 3.42. The Morgan fingerprint density at radius 1 is 0.531 bits per heavy atom. The van der Waals surface area contributed by atoms with Crippen LogP contribution in [0.1, 0.15) is 65.2 Å². The van der Waals surface area contributed by atoms with Gasteiger partial charge in [0.25, 0.3) is 0 Å². The van der Waals surface area contributed by atoms with E-state index in [1.165, 1.54) is 22.3 Å². The highest BCUT2D eigenvalue weighted by molar-refractivity contribution is 5.88. The quantitative estimate of drug-likeness (QED) is 0.154. The van der Waals surface area contributed by atoms with Crippen LogP contribution >= 0.6 is 0 Å². The van der Waals surface area contributed by atoms with E-state index in [0.29, 0.717) is 13.2 Å². The summed E-state index contributed by atoms with van der Waals surface area (Å²) in [5, 5.41) is 18.5. The summed E-state index contributed by atoms with van der Waals surface area (Å²) >= 11 is 0. The molecule has 0 amide bonds. The van der Waals surface area contributed by atoms with E-state index in [2.05, 4.69) is 86.6 Å². The van der Waals surface area contributed by atoms with Gasteiger partial charge in [-0.15, -0.1) is 0 Å². The van der Waals surface area contributed by atoms with Crippen LogP contribution in [0.2, 0.25) is 0 Å². The number of benzene rings is 6. The molecular weight excluding hydrogens is 612 g/mol. The number of hydrogen-bond donors (Lipinski definition) is 2. The first-order valence-electron chi connectivity index (χ1n) is 16.1. The van der Waals surface area contributed by atoms with Gasteiger partial charge in [0, 0.05) is 0 Å². The van der Waals surface area contributed by atoms with Crippen molar-refractivity contribution in [1.29, 1.82) is 0 Å². The van der Waals surface area contributed by atoms with Crippen LogP contribution in [0, 0.1) is 13.8 Å². The maximum absolute atomic E-state index is 11.3. The lowest BCUT2D eigenvalue weighted by Gasteiger charge is -2.34. The van der Waals surface area contributed by atoms with Gasteiger partial charge in [0.1, 0.15) is 24.7 Å². The molecule has 0 spiro atoms. The Morgan fingerprint density at radius 3 is 1.29 bits per heavy atom. The van der Waals surface area contributed by atoms with Gasteiger partial charge in [0.05, 0.1) is 16.5 Å². The first-order chi connectivity index (χ1) is 23.8. The lowest BCUT2D eigenvalue weighted by Crippen LogP contribution is -2.29. The zero-order chi connectivity index (χ0) is 34.1. The third-order valence-corrected chi connectivity index (χ3v) is 9.36. The second-order valence-electron chi connectivity index (χ2n) is 12.4. The van der Waals surface area contributed by atoms with Crippen LogP contribution in [-0.2, 0) is 18.6 Å². The molecule has 0 unspecified atom stereocenters. The van der Waals surface area contributed by atoms with Gasteiger partial charge in [-0.05, 0) is 106 Å². The van der Waals surface area contributed by atoms with Crippen molar-refractivity contribution in [3.63, 3.8) is 0 Å². The average molecular weight is 647 g/mol. The number of carboxylic acids is 2. The van der Waals surface area contributed by atoms with Gasteiger partial charge in [-0.3, -0.25) is 0 Å². The fraction of sp³-hybridized carbons (Fsp3) is 0.116. The minimum absolute atomic E-state index is 0.244. The third kappa shape index (κ3) is 5.72. The maximum Gasteiger partial charge on any atom is 0.335 e. The molecule has 1 aliphatic carbocycles. The number of aromatic carboxylic acids is 2. The molecule has 6 nitrogen and oxygen atoms in total. The monoisotopic (exact) mass is 646 g/mol. The van der Waals surface area contributed by atoms with Gasteiger partial charge in [-0.1, -0.05) is 97.1 Å². The molecule has 0 aromatic heterocycles. The zero-order valence-electron chi connectivity index (χ0n) is 27.1. The van der Waals surface area contributed by atoms with Crippen molar-refractivity contribution >= 4 is 11.9 Å². The summed E-state index contributed by atoms with van der Waals surface area (Å²) in [5.41, 5.74) is 10.7. The summed E-state index contributed by atoms with van der Waals surface area (Å²) in [6.07, 6.45) is 0. The van der Waals surface area contributed by atoms with E-state index >= 15 is 0 Å². The second-order valence-corrected chi connectivity index (χ2v) is 12.4. The molecule has 0 saturated carbocycles. The molecule has 0 fully saturated rings. The Labute approximate surface area is 284 Å². The molecule has 6 aromatic carbocycles. The van der Waals surface area contributed by atoms with E-state index < -0.39 is 17.4 Å². The molecular formula is C43H34O6. The summed E-state index contributed by atoms with van der Waals surface area (Å²) in [5.74, 6) is -0.385. The summed E-state index contributed by atoms with van der Waals surface area (Å²) in [6, 6.07) is 43.4. The lowest BCUT2D eigenvalue weighted by molar-refractivity contribution is 0.0686. The van der Waals surface area contributed by atoms with Crippen molar-refractivity contribution in [2.45, 2.75) is 32.5 Å². The molecule has 0 atom stereocenters. The topological polar surface area (TPSA) is 93.1 Å². The van der Waals surface area contributed by atoms with E-state index in [-0.39, 0.29) is 11.1 Å². The van der Waals surface area contributed by atoms with Crippen molar-refractivity contribution in [2.75, 3.05) is 0 Å². The van der Waals surface area contributed by atoms with Gasteiger partial charge in [-0.2, -0.15) is 0 Å². The Morgan fingerprint density at radius 2 is 0.918 bits per heavy atom. The van der Waals surface area contributed by atoms with E-state index in [9.17, 15) is 19.8 Å². The van der Waals surface area contributed by atoms with Gasteiger partial charge >= 0.3 is 11.9 Å². The highest BCUT2D eigenvalue weighted by Crippen LogP contribution is 2.56. The van der Waals surface area contributed by atoms with Gasteiger partial charge < -0.3 is 19.7 Å². The van der Waals surface area contributed by atoms with Crippen LogP contribution in [0.4, 0.5) is 0 Å². The van der Waals surface area contributed by atoms with E-state index in [4.69, 9.17) is 9.47 Å². The fourth-order valence-electron chi connectivity index (χ4n) is 6.92. The number of rotatable bonds is 10. The molecule has 0 radical (unpaired) electrons. The molecule has 49 heavy (non-hydrogen) atoms. The van der Waals surface area contributed by atoms with Crippen LogP contribution < -0.4 is 9.47 Å². The number of carboxylic acid groups (broad SMARTS) is 2. The van der Waals surface area contributed by atoms with Crippen LogP contribution in [-0.4, -0.2) is 22.2 Å². The van der Waals surface area contributed by atoms with Crippen LogP contribution in [0.15, 0.2) is 133 Å². The Balaban J connectivity index is 1.26. The first kappa shape index (κ1) is 31.5. The van der Waals surface area contributed by atoms with Crippen LogP contribution in [0.25, 0.3) is 11.1 Å². The molecule has 7 rings (SSSR count). The van der Waals surface area contributed by atoms with Gasteiger partial charge in [-0.25, -0.2) is 9.59 Å². The highest BCUT2D eigenvalue weighted by atomic mass is 16.5. The first-order valence-corrected chi connectivity index (χ1v) is 16.1. The third-order valence-electron chi connectivity index (χ3n) is 9.36. The summed E-state index contributed by atoms with van der Waals surface area (Å²) in [7, 11) is 0. The largest absolute Gasteiger partial charge is 0.489 e. The molecule has 1 aliphatic rings. The maximum atomic E-state index is 11.3. The predicted octanol–water partition coefficient (Wildman–Crippen LogP) is 9.22. The smallest absolute Gasteiger partial charge is 0.335 e. The molecule has 0 heterocycles. The predicted molar refractivity (Wildman–Crippen MR) is 189 cm³/mol. The van der Waals surface area contributed by atoms with E-state index in [1.54, 1.807) is 48.5 Å². The van der Waals surface area contributed by atoms with Crippen LogP contribution in [0.3, 0.4) is 0 Å². The SMILES string of the molecule is Cc1cc(C2(c3ccc(OCc4ccc(C(=O)O)cc4)c(C)c3)c3ccccc3-c3ccccc32)ccc1OCc1ccc(C(=O)O)cc1. The van der Waals surface area contributed by atoms with Crippen molar-refractivity contribution in [3.05, 3.63) is 189 Å². The molecule has 6 aromatic rings. The summed E-state index contributed by atoms with van der Waals surface area (Å²) in [6.45, 7) is 4.75. The van der Waals surface area contributed by atoms with Crippen molar-refractivity contribution in [3.8, 4) is 22.6 Å². The molecule has 6 heteroatoms. The van der Waals surface area contributed by atoms with Gasteiger partial charge in [0.15, 0.2) is 0 Å². The Hall–Kier alpha value is -6.14. The van der Waals surface area contributed by atoms with Gasteiger partial charge in [0.2, 0.25) is 0 Å². The lowest BCUT2D eigenvalue weighted by atomic mass is 9.67. The molecule has 2 N–H and O–H groups in total. The van der Waals surface area contributed by atoms with E-state index in [0.717, 1.165) is 44.9 Å².